The smallest absolute Gasteiger partial charge is 0.337 e. The molecule has 1 saturated heterocycles. The Labute approximate surface area is 246 Å². The highest BCUT2D eigenvalue weighted by Gasteiger charge is 2.29. The van der Waals surface area contributed by atoms with E-state index in [1.54, 1.807) is 0 Å². The normalized spacial score (nSPS) is 17.3. The topological polar surface area (TPSA) is 87.0 Å². The summed E-state index contributed by atoms with van der Waals surface area (Å²) in [5.41, 5.74) is 9.06. The summed E-state index contributed by atoms with van der Waals surface area (Å²) in [4.78, 5) is 26.1. The van der Waals surface area contributed by atoms with E-state index in [1.165, 1.54) is 53.2 Å². The molecule has 0 atom stereocenters. The minimum absolute atomic E-state index is 0.272. The summed E-state index contributed by atoms with van der Waals surface area (Å²) >= 11 is 0. The number of benzene rings is 2. The van der Waals surface area contributed by atoms with Crippen molar-refractivity contribution < 1.29 is 23.8 Å². The molecule has 1 N–H and O–H groups in total. The number of methoxy groups -OCH3 is 2. The lowest BCUT2D eigenvalue weighted by atomic mass is 9.99. The molecule has 2 aromatic heterocycles. The first kappa shape index (κ1) is 28.5. The molecule has 0 saturated carbocycles. The zero-order chi connectivity index (χ0) is 29.4. The molecule has 0 bridgehead atoms. The van der Waals surface area contributed by atoms with Crippen LogP contribution in [0.2, 0.25) is 0 Å². The van der Waals surface area contributed by atoms with E-state index < -0.39 is 0 Å². The van der Waals surface area contributed by atoms with Gasteiger partial charge in [-0.05, 0) is 60.4 Å². The molecule has 0 aliphatic carbocycles. The van der Waals surface area contributed by atoms with Crippen LogP contribution < -0.4 is 5.32 Å². The monoisotopic (exact) mass is 572 g/mol. The Kier molecular flexibility index (Phi) is 8.07. The van der Waals surface area contributed by atoms with Gasteiger partial charge in [0, 0.05) is 106 Å². The third-order valence-electron chi connectivity index (χ3n) is 9.26. The van der Waals surface area contributed by atoms with Gasteiger partial charge in [-0.15, -0.1) is 0 Å². The first-order valence-corrected chi connectivity index (χ1v) is 14.8. The van der Waals surface area contributed by atoms with E-state index in [0.29, 0.717) is 17.2 Å². The highest BCUT2D eigenvalue weighted by atomic mass is 16.5. The summed E-state index contributed by atoms with van der Waals surface area (Å²) in [7, 11) is 7.06. The van der Waals surface area contributed by atoms with Crippen LogP contribution in [0.1, 0.15) is 56.1 Å². The second-order valence-electron chi connectivity index (χ2n) is 11.4. The van der Waals surface area contributed by atoms with Gasteiger partial charge in [0.2, 0.25) is 0 Å². The zero-order valence-electron chi connectivity index (χ0n) is 25.0. The van der Waals surface area contributed by atoms with Crippen molar-refractivity contribution in [3.8, 4) is 0 Å². The number of fused-ring (bicyclic) bond motifs is 6. The molecule has 3 aliphatic rings. The third-order valence-corrected chi connectivity index (χ3v) is 9.26. The standard InChI is InChI=1S/C19H24N2O3.C14H16N2O2/c1-20-17-4-3-13(19(22)23-2)11-15(17)16-12-21(8-5-18(16)20)14-6-9-24-10-7-14;1-16-12-4-3-9(14(17)18-2)7-10(12)11-8-15-6-5-13(11)16/h3-4,11,14H,5-10,12H2,1-2H3;3-4,7,15H,5-6,8H2,1-2H3. The zero-order valence-corrected chi connectivity index (χ0v) is 25.0. The first-order valence-electron chi connectivity index (χ1n) is 14.8. The van der Waals surface area contributed by atoms with Gasteiger partial charge in [0.05, 0.1) is 25.3 Å². The highest BCUT2D eigenvalue weighted by molar-refractivity contribution is 5.97. The second-order valence-corrected chi connectivity index (χ2v) is 11.4. The average Bonchev–Trinajstić information content (AvgIpc) is 3.50. The summed E-state index contributed by atoms with van der Waals surface area (Å²) in [6.07, 6.45) is 4.33. The Morgan fingerprint density at radius 1 is 0.833 bits per heavy atom. The molecular weight excluding hydrogens is 532 g/mol. The fraction of sp³-hybridized carbons (Fsp3) is 0.455. The van der Waals surface area contributed by atoms with E-state index in [4.69, 9.17) is 14.2 Å². The van der Waals surface area contributed by atoms with Crippen molar-refractivity contribution in [3.05, 3.63) is 70.0 Å². The van der Waals surface area contributed by atoms with Crippen LogP contribution in [0.4, 0.5) is 0 Å². The molecule has 222 valence electrons. The largest absolute Gasteiger partial charge is 0.465 e. The molecule has 0 amide bonds. The van der Waals surface area contributed by atoms with Gasteiger partial charge in [0.25, 0.3) is 0 Å². The number of hydrogen-bond donors (Lipinski definition) is 1. The summed E-state index contributed by atoms with van der Waals surface area (Å²) in [5.74, 6) is -0.551. The molecule has 2 aromatic carbocycles. The van der Waals surface area contributed by atoms with Crippen molar-refractivity contribution in [2.75, 3.05) is 40.5 Å². The molecule has 3 aliphatic heterocycles. The van der Waals surface area contributed by atoms with Gasteiger partial charge in [-0.1, -0.05) is 0 Å². The Hall–Kier alpha value is -3.66. The molecule has 7 rings (SSSR count). The summed E-state index contributed by atoms with van der Waals surface area (Å²) < 4.78 is 19.7. The van der Waals surface area contributed by atoms with Gasteiger partial charge >= 0.3 is 11.9 Å². The SMILES string of the molecule is COC(=O)c1ccc2c(c1)c1c(n2C)CCN(C2CCOCC2)C1.COC(=O)c1ccc2c(c1)c1c(n2C)CCNC1. The van der Waals surface area contributed by atoms with Gasteiger partial charge in [0.1, 0.15) is 0 Å². The predicted molar refractivity (Wildman–Crippen MR) is 162 cm³/mol. The number of carbonyl (C=O) groups excluding carboxylic acids is 2. The van der Waals surface area contributed by atoms with Gasteiger partial charge in [-0.2, -0.15) is 0 Å². The van der Waals surface area contributed by atoms with Crippen LogP contribution in [0.15, 0.2) is 36.4 Å². The van der Waals surface area contributed by atoms with Crippen LogP contribution >= 0.6 is 0 Å². The number of esters is 2. The maximum Gasteiger partial charge on any atom is 0.337 e. The minimum Gasteiger partial charge on any atom is -0.465 e. The maximum atomic E-state index is 11.9. The quantitative estimate of drug-likeness (QED) is 0.370. The van der Waals surface area contributed by atoms with Crippen molar-refractivity contribution in [1.82, 2.24) is 19.4 Å². The second kappa shape index (κ2) is 11.9. The van der Waals surface area contributed by atoms with Crippen LogP contribution in [0.5, 0.6) is 0 Å². The van der Waals surface area contributed by atoms with Gasteiger partial charge in [-0.25, -0.2) is 9.59 Å². The van der Waals surface area contributed by atoms with Gasteiger partial charge in [0.15, 0.2) is 0 Å². The number of carbonyl (C=O) groups is 2. The molecule has 9 heteroatoms. The summed E-state index contributed by atoms with van der Waals surface area (Å²) in [6, 6.07) is 12.3. The average molecular weight is 573 g/mol. The molecule has 42 heavy (non-hydrogen) atoms. The lowest BCUT2D eigenvalue weighted by Gasteiger charge is -2.37. The van der Waals surface area contributed by atoms with Crippen LogP contribution in [-0.4, -0.2) is 72.5 Å². The number of rotatable bonds is 3. The molecule has 9 nitrogen and oxygen atoms in total. The van der Waals surface area contributed by atoms with E-state index >= 15 is 0 Å². The third kappa shape index (κ3) is 5.10. The van der Waals surface area contributed by atoms with Crippen molar-refractivity contribution in [3.63, 3.8) is 0 Å². The van der Waals surface area contributed by atoms with Crippen molar-refractivity contribution in [2.45, 2.75) is 44.8 Å². The molecule has 5 heterocycles. The van der Waals surface area contributed by atoms with Crippen LogP contribution in [0, 0.1) is 0 Å². The van der Waals surface area contributed by atoms with E-state index in [0.717, 1.165) is 70.5 Å². The Bertz CT molecular complexity index is 1650. The first-order chi connectivity index (χ1) is 20.4. The van der Waals surface area contributed by atoms with E-state index in [1.807, 2.05) is 36.4 Å². The molecule has 1 fully saturated rings. The van der Waals surface area contributed by atoms with E-state index in [9.17, 15) is 9.59 Å². The number of aromatic nitrogens is 2. The number of aryl methyl sites for hydroxylation is 2. The Morgan fingerprint density at radius 2 is 1.40 bits per heavy atom. The number of hydrogen-bond acceptors (Lipinski definition) is 7. The Balaban J connectivity index is 0.000000157. The van der Waals surface area contributed by atoms with Crippen molar-refractivity contribution in [1.29, 1.82) is 0 Å². The minimum atomic E-state index is -0.279. The lowest BCUT2D eigenvalue weighted by Crippen LogP contribution is -2.42. The molecule has 0 unspecified atom stereocenters. The predicted octanol–water partition coefficient (Wildman–Crippen LogP) is 4.11. The van der Waals surface area contributed by atoms with Gasteiger partial charge in [-0.3, -0.25) is 4.90 Å². The van der Waals surface area contributed by atoms with Gasteiger partial charge < -0.3 is 28.7 Å². The van der Waals surface area contributed by atoms with E-state index in [2.05, 4.69) is 33.4 Å². The maximum absolute atomic E-state index is 11.9. The summed E-state index contributed by atoms with van der Waals surface area (Å²) in [6.45, 7) is 5.69. The van der Waals surface area contributed by atoms with Crippen LogP contribution in [0.3, 0.4) is 0 Å². The van der Waals surface area contributed by atoms with Crippen molar-refractivity contribution >= 4 is 33.7 Å². The Morgan fingerprint density at radius 3 is 2.00 bits per heavy atom. The fourth-order valence-electron chi connectivity index (χ4n) is 6.96. The molecule has 0 radical (unpaired) electrons. The number of nitrogens with zero attached hydrogens (tertiary/aromatic N) is 3. The van der Waals surface area contributed by atoms with Crippen molar-refractivity contribution in [2.24, 2.45) is 14.1 Å². The molecule has 4 aromatic rings. The lowest BCUT2D eigenvalue weighted by molar-refractivity contribution is 0.0289. The molecular formula is C33H40N4O5. The van der Waals surface area contributed by atoms with Crippen LogP contribution in [-0.2, 0) is 54.2 Å². The number of nitrogens with one attached hydrogen (secondary N) is 1. The highest BCUT2D eigenvalue weighted by Crippen LogP contribution is 2.33. The molecule has 0 spiro atoms. The van der Waals surface area contributed by atoms with E-state index in [-0.39, 0.29) is 11.9 Å². The fourth-order valence-corrected chi connectivity index (χ4v) is 6.96. The summed E-state index contributed by atoms with van der Waals surface area (Å²) in [5, 5.41) is 5.72. The van der Waals surface area contributed by atoms with Crippen LogP contribution in [0.25, 0.3) is 21.8 Å². The number of ether oxygens (including phenoxy) is 3.